The third kappa shape index (κ3) is 4.01. The molecule has 94 valence electrons. The predicted octanol–water partition coefficient (Wildman–Crippen LogP) is -0.999. The maximum atomic E-state index is 11.4. The van der Waals surface area contributed by atoms with Crippen LogP contribution < -0.4 is 11.1 Å². The molecule has 8 heteroatoms. The average Bonchev–Trinajstić information content (AvgIpc) is 2.29. The van der Waals surface area contributed by atoms with Crippen molar-refractivity contribution in [1.82, 2.24) is 5.32 Å². The first-order chi connectivity index (χ1) is 8.00. The third-order valence-corrected chi connectivity index (χ3v) is 1.75. The van der Waals surface area contributed by atoms with Crippen molar-refractivity contribution in [2.45, 2.75) is 13.0 Å². The minimum Gasteiger partial charge on any atom is -0.493 e. The molecule has 3 amide bonds. The lowest BCUT2D eigenvalue weighted by Crippen LogP contribution is -2.42. The summed E-state index contributed by atoms with van der Waals surface area (Å²) in [5, 5.41) is 1.78. The van der Waals surface area contributed by atoms with Gasteiger partial charge in [-0.1, -0.05) is 0 Å². The number of urea groups is 1. The molecule has 0 aromatic carbocycles. The van der Waals surface area contributed by atoms with Gasteiger partial charge < -0.3 is 19.9 Å². The second-order valence-corrected chi connectivity index (χ2v) is 3.10. The first kappa shape index (κ1) is 12.8. The fraction of sp³-hybridized carbons (Fsp3) is 0.444. The van der Waals surface area contributed by atoms with Crippen LogP contribution in [-0.2, 0) is 23.8 Å². The summed E-state index contributed by atoms with van der Waals surface area (Å²) in [5.41, 5.74) is 4.74. The highest BCUT2D eigenvalue weighted by Crippen LogP contribution is 2.07. The zero-order valence-electron chi connectivity index (χ0n) is 9.10. The number of nitrogens with two attached hydrogens (primary N) is 1. The van der Waals surface area contributed by atoms with Gasteiger partial charge in [0, 0.05) is 0 Å². The predicted molar refractivity (Wildman–Crippen MR) is 53.3 cm³/mol. The van der Waals surface area contributed by atoms with Gasteiger partial charge >= 0.3 is 12.0 Å². The summed E-state index contributed by atoms with van der Waals surface area (Å²) >= 11 is 0. The smallest absolute Gasteiger partial charge is 0.377 e. The molecule has 1 aliphatic rings. The number of primary amides is 1. The molecule has 1 heterocycles. The minimum atomic E-state index is -1.17. The summed E-state index contributed by atoms with van der Waals surface area (Å²) in [6.45, 7) is 1.86. The van der Waals surface area contributed by atoms with Gasteiger partial charge in [0.1, 0.15) is 19.5 Å². The molecule has 17 heavy (non-hydrogen) atoms. The van der Waals surface area contributed by atoms with Gasteiger partial charge in [-0.15, -0.1) is 0 Å². The molecular formula is C9H12N2O6. The Morgan fingerprint density at radius 2 is 2.18 bits per heavy atom. The molecule has 0 saturated heterocycles. The third-order valence-electron chi connectivity index (χ3n) is 1.75. The van der Waals surface area contributed by atoms with Crippen molar-refractivity contribution >= 4 is 17.9 Å². The van der Waals surface area contributed by atoms with Gasteiger partial charge in [0.15, 0.2) is 6.10 Å². The number of amides is 3. The number of nitrogens with one attached hydrogen (secondary N) is 1. The summed E-state index contributed by atoms with van der Waals surface area (Å²) in [6.07, 6.45) is -0.0636. The fourth-order valence-electron chi connectivity index (χ4n) is 0.971. The molecule has 0 fully saturated rings. The Morgan fingerprint density at radius 3 is 2.71 bits per heavy atom. The van der Waals surface area contributed by atoms with Gasteiger partial charge in [0.25, 0.3) is 5.91 Å². The summed E-state index contributed by atoms with van der Waals surface area (Å²) in [4.78, 5) is 33.0. The number of hydrogen-bond donors (Lipinski definition) is 2. The molecular weight excluding hydrogens is 232 g/mol. The van der Waals surface area contributed by atoms with Gasteiger partial charge in [-0.2, -0.15) is 0 Å². The van der Waals surface area contributed by atoms with Gasteiger partial charge in [-0.3, -0.25) is 10.1 Å². The Morgan fingerprint density at radius 1 is 1.47 bits per heavy atom. The van der Waals surface area contributed by atoms with Gasteiger partial charge in [-0.25, -0.2) is 9.59 Å². The quantitative estimate of drug-likeness (QED) is 0.615. The number of rotatable bonds is 3. The molecule has 8 nitrogen and oxygen atoms in total. The van der Waals surface area contributed by atoms with Crippen molar-refractivity contribution in [2.75, 3.05) is 13.2 Å². The topological polar surface area (TPSA) is 117 Å². The van der Waals surface area contributed by atoms with E-state index < -0.39 is 24.0 Å². The molecule has 1 rings (SSSR count). The van der Waals surface area contributed by atoms with Crippen LogP contribution in [0, 0.1) is 0 Å². The summed E-state index contributed by atoms with van der Waals surface area (Å²) < 4.78 is 14.5. The van der Waals surface area contributed by atoms with Crippen LogP contribution in [0.5, 0.6) is 0 Å². The van der Waals surface area contributed by atoms with Crippen LogP contribution in [0.1, 0.15) is 6.92 Å². The Labute approximate surface area is 96.7 Å². The maximum absolute atomic E-state index is 11.4. The lowest BCUT2D eigenvalue weighted by Gasteiger charge is -2.16. The van der Waals surface area contributed by atoms with Crippen molar-refractivity contribution in [3.8, 4) is 0 Å². The van der Waals surface area contributed by atoms with E-state index in [1.165, 1.54) is 6.92 Å². The summed E-state index contributed by atoms with van der Waals surface area (Å²) in [5.74, 6) is -1.80. The number of esters is 1. The molecule has 0 aromatic rings. The molecule has 0 radical (unpaired) electrons. The molecule has 0 aromatic heterocycles. The molecule has 1 atom stereocenters. The highest BCUT2D eigenvalue weighted by molar-refractivity contribution is 5.97. The SMILES string of the molecule is C[C@H](OC(=O)C1=COCCO1)C(=O)NC(N)=O. The van der Waals surface area contributed by atoms with Gasteiger partial charge in [-0.05, 0) is 6.92 Å². The molecule has 0 bridgehead atoms. The number of carbonyl (C=O) groups excluding carboxylic acids is 3. The van der Waals surface area contributed by atoms with E-state index in [9.17, 15) is 14.4 Å². The van der Waals surface area contributed by atoms with Crippen molar-refractivity contribution in [3.63, 3.8) is 0 Å². The van der Waals surface area contributed by atoms with Gasteiger partial charge in [0.2, 0.25) is 5.76 Å². The molecule has 0 aliphatic carbocycles. The van der Waals surface area contributed by atoms with Crippen LogP contribution in [0.2, 0.25) is 0 Å². The van der Waals surface area contributed by atoms with E-state index in [1.54, 1.807) is 5.32 Å². The zero-order valence-corrected chi connectivity index (χ0v) is 9.10. The van der Waals surface area contributed by atoms with Crippen LogP contribution in [0.25, 0.3) is 0 Å². The minimum absolute atomic E-state index is 0.130. The molecule has 3 N–H and O–H groups in total. The Balaban J connectivity index is 2.47. The average molecular weight is 244 g/mol. The monoisotopic (exact) mass is 244 g/mol. The first-order valence-corrected chi connectivity index (χ1v) is 4.76. The van der Waals surface area contributed by atoms with Crippen LogP contribution in [-0.4, -0.2) is 37.2 Å². The highest BCUT2D eigenvalue weighted by atomic mass is 16.6. The number of ether oxygens (including phenoxy) is 3. The van der Waals surface area contributed by atoms with Crippen molar-refractivity contribution in [2.24, 2.45) is 5.73 Å². The van der Waals surface area contributed by atoms with Crippen LogP contribution >= 0.6 is 0 Å². The standard InChI is InChI=1S/C9H12N2O6/c1-5(7(12)11-9(10)14)17-8(13)6-4-15-2-3-16-6/h4-5H,2-3H2,1H3,(H3,10,11,12,14)/t5-/m0/s1. The second-order valence-electron chi connectivity index (χ2n) is 3.10. The van der Waals surface area contributed by atoms with Crippen molar-refractivity contribution < 1.29 is 28.6 Å². The zero-order chi connectivity index (χ0) is 12.8. The lowest BCUT2D eigenvalue weighted by molar-refractivity contribution is -0.155. The molecule has 0 spiro atoms. The molecule has 0 saturated carbocycles. The number of hydrogen-bond acceptors (Lipinski definition) is 6. The highest BCUT2D eigenvalue weighted by Gasteiger charge is 2.23. The Kier molecular flexibility index (Phi) is 4.32. The molecule has 1 aliphatic heterocycles. The molecule has 0 unspecified atom stereocenters. The lowest BCUT2D eigenvalue weighted by atomic mass is 10.4. The van der Waals surface area contributed by atoms with Crippen LogP contribution in [0.3, 0.4) is 0 Å². The van der Waals surface area contributed by atoms with E-state index in [0.29, 0.717) is 6.61 Å². The van der Waals surface area contributed by atoms with E-state index in [2.05, 4.69) is 0 Å². The normalized spacial score (nSPS) is 15.7. The van der Waals surface area contributed by atoms with Gasteiger partial charge in [0.05, 0.1) is 0 Å². The van der Waals surface area contributed by atoms with E-state index in [-0.39, 0.29) is 12.4 Å². The van der Waals surface area contributed by atoms with E-state index in [0.717, 1.165) is 6.26 Å². The van der Waals surface area contributed by atoms with Crippen LogP contribution in [0.4, 0.5) is 4.79 Å². The first-order valence-electron chi connectivity index (χ1n) is 4.76. The van der Waals surface area contributed by atoms with Crippen molar-refractivity contribution in [3.05, 3.63) is 12.0 Å². The Hall–Kier alpha value is -2.25. The Bertz CT molecular complexity index is 364. The second kappa shape index (κ2) is 5.73. The fourth-order valence-corrected chi connectivity index (χ4v) is 0.971. The largest absolute Gasteiger partial charge is 0.493 e. The van der Waals surface area contributed by atoms with Crippen molar-refractivity contribution in [1.29, 1.82) is 0 Å². The van der Waals surface area contributed by atoms with Crippen LogP contribution in [0.15, 0.2) is 12.0 Å². The number of carbonyl (C=O) groups is 3. The van der Waals surface area contributed by atoms with E-state index >= 15 is 0 Å². The van der Waals surface area contributed by atoms with E-state index in [1.807, 2.05) is 0 Å². The van der Waals surface area contributed by atoms with E-state index in [4.69, 9.17) is 19.9 Å². The summed E-state index contributed by atoms with van der Waals surface area (Å²) in [6, 6.07) is -1.02. The summed E-state index contributed by atoms with van der Waals surface area (Å²) in [7, 11) is 0. The number of imide groups is 1. The maximum Gasteiger partial charge on any atom is 0.377 e.